The zero-order chi connectivity index (χ0) is 24.6. The normalized spacial score (nSPS) is 13.5. The number of esters is 1. The number of nitrogens with one attached hydrogen (secondary N) is 1. The zero-order valence-electron chi connectivity index (χ0n) is 20.4. The van der Waals surface area contributed by atoms with Crippen LogP contribution in [0.1, 0.15) is 65.2 Å². The van der Waals surface area contributed by atoms with Crippen molar-refractivity contribution >= 4 is 11.7 Å². The van der Waals surface area contributed by atoms with Crippen molar-refractivity contribution in [1.82, 2.24) is 0 Å². The smallest absolute Gasteiger partial charge is 0.340 e. The quantitative estimate of drug-likeness (QED) is 0.277. The van der Waals surface area contributed by atoms with Crippen LogP contribution in [0.4, 0.5) is 10.1 Å². The van der Waals surface area contributed by atoms with Crippen LogP contribution in [0, 0.1) is 23.6 Å². The summed E-state index contributed by atoms with van der Waals surface area (Å²) in [6.07, 6.45) is 6.73. The van der Waals surface area contributed by atoms with Crippen LogP contribution in [0.15, 0.2) is 66.7 Å². The topological polar surface area (TPSA) is 38.3 Å². The molecule has 0 radical (unpaired) electrons. The Labute approximate surface area is 207 Å². The summed E-state index contributed by atoms with van der Waals surface area (Å²) >= 11 is 0. The van der Waals surface area contributed by atoms with Gasteiger partial charge in [-0.2, -0.15) is 0 Å². The molecule has 3 aromatic carbocycles. The second kappa shape index (κ2) is 11.7. The summed E-state index contributed by atoms with van der Waals surface area (Å²) in [5.41, 5.74) is 5.27. The standard InChI is InChI=1S/C31H32FNO2/c1-3-4-5-22-6-8-23(9-7-22)10-11-24-12-14-25(15-13-24)20-30(26-16-17-26)33-27-18-19-29(32)28(21-27)31(34)35-2/h6-9,12-15,18-19,21,26,30,33H,3-5,16-17,20H2,1-2H3. The van der Waals surface area contributed by atoms with E-state index in [-0.39, 0.29) is 11.6 Å². The van der Waals surface area contributed by atoms with E-state index in [0.717, 1.165) is 29.7 Å². The molecule has 0 bridgehead atoms. The number of methoxy groups -OCH3 is 1. The second-order valence-corrected chi connectivity index (χ2v) is 9.23. The van der Waals surface area contributed by atoms with Gasteiger partial charge >= 0.3 is 5.97 Å². The van der Waals surface area contributed by atoms with Crippen LogP contribution in [0.25, 0.3) is 0 Å². The van der Waals surface area contributed by atoms with Gasteiger partial charge in [0.1, 0.15) is 5.82 Å². The number of aryl methyl sites for hydroxylation is 1. The molecule has 0 aromatic heterocycles. The fourth-order valence-electron chi connectivity index (χ4n) is 4.19. The molecule has 180 valence electrons. The number of halogens is 1. The predicted octanol–water partition coefficient (Wildman–Crippen LogP) is 6.79. The molecule has 1 unspecified atom stereocenters. The van der Waals surface area contributed by atoms with Crippen LogP contribution in [0.3, 0.4) is 0 Å². The molecule has 0 saturated heterocycles. The highest BCUT2D eigenvalue weighted by Crippen LogP contribution is 2.36. The van der Waals surface area contributed by atoms with Gasteiger partial charge < -0.3 is 10.1 Å². The van der Waals surface area contributed by atoms with Crippen molar-refractivity contribution in [3.63, 3.8) is 0 Å². The molecule has 0 spiro atoms. The lowest BCUT2D eigenvalue weighted by Crippen LogP contribution is -2.25. The van der Waals surface area contributed by atoms with E-state index in [1.54, 1.807) is 6.07 Å². The first-order chi connectivity index (χ1) is 17.1. The lowest BCUT2D eigenvalue weighted by atomic mass is 10.00. The number of rotatable bonds is 9. The van der Waals surface area contributed by atoms with E-state index >= 15 is 0 Å². The maximum atomic E-state index is 14.0. The molecular formula is C31H32FNO2. The van der Waals surface area contributed by atoms with E-state index in [1.165, 1.54) is 56.1 Å². The fourth-order valence-corrected chi connectivity index (χ4v) is 4.19. The van der Waals surface area contributed by atoms with Crippen LogP contribution < -0.4 is 5.32 Å². The van der Waals surface area contributed by atoms with Gasteiger partial charge in [-0.25, -0.2) is 9.18 Å². The number of carbonyl (C=O) groups is 1. The average molecular weight is 470 g/mol. The van der Waals surface area contributed by atoms with Crippen LogP contribution in [-0.4, -0.2) is 19.1 Å². The summed E-state index contributed by atoms with van der Waals surface area (Å²) < 4.78 is 18.7. The Hall–Kier alpha value is -3.58. The van der Waals surface area contributed by atoms with E-state index in [4.69, 9.17) is 4.74 Å². The van der Waals surface area contributed by atoms with Crippen molar-refractivity contribution in [2.45, 2.75) is 51.5 Å². The van der Waals surface area contributed by atoms with Gasteiger partial charge in [0.2, 0.25) is 0 Å². The molecule has 1 fully saturated rings. The summed E-state index contributed by atoms with van der Waals surface area (Å²) in [6, 6.07) is 21.6. The summed E-state index contributed by atoms with van der Waals surface area (Å²) in [5.74, 6) is 5.85. The minimum Gasteiger partial charge on any atom is -0.465 e. The van der Waals surface area contributed by atoms with Crippen molar-refractivity contribution < 1.29 is 13.9 Å². The van der Waals surface area contributed by atoms with Gasteiger partial charge in [-0.3, -0.25) is 0 Å². The minimum atomic E-state index is -0.668. The molecule has 1 aliphatic rings. The number of hydrogen-bond donors (Lipinski definition) is 1. The number of ether oxygens (including phenoxy) is 1. The summed E-state index contributed by atoms with van der Waals surface area (Å²) in [7, 11) is 1.26. The maximum absolute atomic E-state index is 14.0. The van der Waals surface area contributed by atoms with Crippen molar-refractivity contribution in [2.75, 3.05) is 12.4 Å². The maximum Gasteiger partial charge on any atom is 0.340 e. The first-order valence-corrected chi connectivity index (χ1v) is 12.4. The van der Waals surface area contributed by atoms with Crippen molar-refractivity contribution in [3.05, 3.63) is 100 Å². The molecule has 0 heterocycles. The number of unbranched alkanes of at least 4 members (excludes halogenated alkanes) is 1. The molecule has 1 atom stereocenters. The molecule has 4 heteroatoms. The molecule has 3 aromatic rings. The van der Waals surface area contributed by atoms with Gasteiger partial charge in [0.25, 0.3) is 0 Å². The summed E-state index contributed by atoms with van der Waals surface area (Å²) in [4.78, 5) is 11.8. The average Bonchev–Trinajstić information content (AvgIpc) is 3.73. The monoisotopic (exact) mass is 469 g/mol. The van der Waals surface area contributed by atoms with Gasteiger partial charge in [-0.15, -0.1) is 0 Å². The summed E-state index contributed by atoms with van der Waals surface area (Å²) in [5, 5.41) is 3.51. The van der Waals surface area contributed by atoms with Crippen LogP contribution in [0.2, 0.25) is 0 Å². The Kier molecular flexibility index (Phi) is 8.21. The Balaban J connectivity index is 1.39. The highest BCUT2D eigenvalue weighted by atomic mass is 19.1. The Morgan fingerprint density at radius 3 is 2.20 bits per heavy atom. The van der Waals surface area contributed by atoms with E-state index in [2.05, 4.69) is 72.6 Å². The Morgan fingerprint density at radius 1 is 1.00 bits per heavy atom. The molecule has 3 nitrogen and oxygen atoms in total. The van der Waals surface area contributed by atoms with E-state index in [9.17, 15) is 9.18 Å². The lowest BCUT2D eigenvalue weighted by Gasteiger charge is -2.20. The molecular weight excluding hydrogens is 437 g/mol. The molecule has 0 aliphatic heterocycles. The largest absolute Gasteiger partial charge is 0.465 e. The molecule has 1 N–H and O–H groups in total. The molecule has 1 saturated carbocycles. The second-order valence-electron chi connectivity index (χ2n) is 9.23. The zero-order valence-corrected chi connectivity index (χ0v) is 20.4. The first-order valence-electron chi connectivity index (χ1n) is 12.4. The van der Waals surface area contributed by atoms with Gasteiger partial charge in [-0.1, -0.05) is 49.5 Å². The van der Waals surface area contributed by atoms with E-state index in [1.807, 2.05) is 0 Å². The number of anilines is 1. The van der Waals surface area contributed by atoms with Crippen molar-refractivity contribution in [2.24, 2.45) is 5.92 Å². The third-order valence-corrected chi connectivity index (χ3v) is 6.45. The Morgan fingerprint density at radius 2 is 1.63 bits per heavy atom. The third-order valence-electron chi connectivity index (χ3n) is 6.45. The van der Waals surface area contributed by atoms with Crippen LogP contribution in [-0.2, 0) is 17.6 Å². The van der Waals surface area contributed by atoms with E-state index in [0.29, 0.717) is 5.92 Å². The SMILES string of the molecule is CCCCc1ccc(C#Cc2ccc(CC(Nc3ccc(F)c(C(=O)OC)c3)C3CC3)cc2)cc1. The van der Waals surface area contributed by atoms with Crippen LogP contribution in [0.5, 0.6) is 0 Å². The number of carbonyl (C=O) groups excluding carboxylic acids is 1. The van der Waals surface area contributed by atoms with Gasteiger partial charge in [0.15, 0.2) is 0 Å². The van der Waals surface area contributed by atoms with Crippen molar-refractivity contribution in [3.8, 4) is 11.8 Å². The number of hydrogen-bond acceptors (Lipinski definition) is 3. The summed E-state index contributed by atoms with van der Waals surface area (Å²) in [6.45, 7) is 2.21. The minimum absolute atomic E-state index is 0.0504. The van der Waals surface area contributed by atoms with Gasteiger partial charge in [0.05, 0.1) is 12.7 Å². The van der Waals surface area contributed by atoms with E-state index < -0.39 is 11.8 Å². The lowest BCUT2D eigenvalue weighted by molar-refractivity contribution is 0.0595. The van der Waals surface area contributed by atoms with Gasteiger partial charge in [0, 0.05) is 22.9 Å². The molecule has 1 aliphatic carbocycles. The highest BCUT2D eigenvalue weighted by molar-refractivity contribution is 5.90. The Bertz CT molecular complexity index is 1200. The number of benzene rings is 3. The molecule has 4 rings (SSSR count). The molecule has 0 amide bonds. The highest BCUT2D eigenvalue weighted by Gasteiger charge is 2.31. The fraction of sp³-hybridized carbons (Fsp3) is 0.323. The third kappa shape index (κ3) is 6.96. The van der Waals surface area contributed by atoms with Crippen LogP contribution >= 0.6 is 0 Å². The predicted molar refractivity (Wildman–Crippen MR) is 139 cm³/mol. The van der Waals surface area contributed by atoms with Crippen molar-refractivity contribution in [1.29, 1.82) is 0 Å². The molecule has 35 heavy (non-hydrogen) atoms. The van der Waals surface area contributed by atoms with Gasteiger partial charge in [-0.05, 0) is 91.6 Å². The first kappa shape index (κ1) is 24.5.